The Morgan fingerprint density at radius 3 is 2.61 bits per heavy atom. The number of rotatable bonds is 8. The van der Waals surface area contributed by atoms with Crippen molar-refractivity contribution >= 4 is 6.41 Å². The summed E-state index contributed by atoms with van der Waals surface area (Å²) in [5.74, 6) is 4.21. The van der Waals surface area contributed by atoms with Gasteiger partial charge in [-0.3, -0.25) is 9.63 Å². The lowest BCUT2D eigenvalue weighted by atomic mass is 9.43. The molecule has 0 aromatic rings. The van der Waals surface area contributed by atoms with E-state index in [1.165, 1.54) is 76.2 Å². The lowest BCUT2D eigenvalue weighted by Crippen LogP contribution is -2.63. The van der Waals surface area contributed by atoms with Crippen LogP contribution in [0.3, 0.4) is 0 Å². The third kappa shape index (κ3) is 3.81. The largest absolute Gasteiger partial charge is 0.277 e. The fourth-order valence-electron chi connectivity index (χ4n) is 9.49. The second kappa shape index (κ2) is 8.84. The minimum absolute atomic E-state index is 0.144. The van der Waals surface area contributed by atoms with Crippen LogP contribution < -0.4 is 5.48 Å². The molecule has 0 radical (unpaired) electrons. The van der Waals surface area contributed by atoms with E-state index in [0.29, 0.717) is 5.41 Å². The van der Waals surface area contributed by atoms with Gasteiger partial charge in [-0.1, -0.05) is 45.6 Å². The third-order valence-corrected chi connectivity index (χ3v) is 11.0. The molecule has 4 fully saturated rings. The SMILES string of the molecule is C=C(C)CCC[C@@H](C)[C@H]1CC[C@H]2[C@@H]3CCC4(ONC=O)CCCC[C@]4(C)[C@H]3CC[C@]12C. The second-order valence-electron chi connectivity index (χ2n) is 12.4. The Morgan fingerprint density at radius 1 is 1.10 bits per heavy atom. The number of fused-ring (bicyclic) bond motifs is 5. The molecule has 1 unspecified atom stereocenters. The maximum absolute atomic E-state index is 11.1. The van der Waals surface area contributed by atoms with Crippen LogP contribution in [0.2, 0.25) is 0 Å². The van der Waals surface area contributed by atoms with E-state index in [1.807, 2.05) is 0 Å². The molecule has 0 aromatic carbocycles. The van der Waals surface area contributed by atoms with Crippen LogP contribution in [0, 0.1) is 40.4 Å². The molecule has 0 aliphatic heterocycles. The minimum Gasteiger partial charge on any atom is -0.277 e. The Bertz CT molecular complexity index is 676. The summed E-state index contributed by atoms with van der Waals surface area (Å²) in [6.45, 7) is 14.0. The first-order chi connectivity index (χ1) is 14.8. The van der Waals surface area contributed by atoms with Gasteiger partial charge < -0.3 is 0 Å². The molecule has 4 aliphatic rings. The predicted octanol–water partition coefficient (Wildman–Crippen LogP) is 7.22. The lowest BCUT2D eigenvalue weighted by Gasteiger charge is -2.64. The van der Waals surface area contributed by atoms with Crippen molar-refractivity contribution in [2.24, 2.45) is 40.4 Å². The molecular formula is C28H47NO2. The molecule has 1 N–H and O–H groups in total. The summed E-state index contributed by atoms with van der Waals surface area (Å²) in [5.41, 5.74) is 4.56. The van der Waals surface area contributed by atoms with E-state index in [4.69, 9.17) is 4.84 Å². The zero-order valence-electron chi connectivity index (χ0n) is 20.7. The van der Waals surface area contributed by atoms with Gasteiger partial charge in [-0.2, -0.15) is 0 Å². The summed E-state index contributed by atoms with van der Waals surface area (Å²) >= 11 is 0. The number of hydrogen-bond acceptors (Lipinski definition) is 2. The van der Waals surface area contributed by atoms with Crippen LogP contribution in [0.5, 0.6) is 0 Å². The van der Waals surface area contributed by atoms with Crippen LogP contribution in [0.15, 0.2) is 12.2 Å². The van der Waals surface area contributed by atoms with Crippen molar-refractivity contribution < 1.29 is 9.63 Å². The second-order valence-corrected chi connectivity index (χ2v) is 12.4. The predicted molar refractivity (Wildman–Crippen MR) is 127 cm³/mol. The molecule has 31 heavy (non-hydrogen) atoms. The van der Waals surface area contributed by atoms with Crippen LogP contribution >= 0.6 is 0 Å². The van der Waals surface area contributed by atoms with E-state index in [1.54, 1.807) is 0 Å². The van der Waals surface area contributed by atoms with Crippen molar-refractivity contribution in [1.82, 2.24) is 5.48 Å². The summed E-state index contributed by atoms with van der Waals surface area (Å²) in [4.78, 5) is 17.3. The Hall–Kier alpha value is -0.830. The molecule has 4 rings (SSSR count). The van der Waals surface area contributed by atoms with Crippen LogP contribution in [-0.4, -0.2) is 12.0 Å². The van der Waals surface area contributed by atoms with Crippen LogP contribution in [0.4, 0.5) is 0 Å². The van der Waals surface area contributed by atoms with Crippen molar-refractivity contribution in [2.75, 3.05) is 0 Å². The van der Waals surface area contributed by atoms with Crippen molar-refractivity contribution in [3.63, 3.8) is 0 Å². The van der Waals surface area contributed by atoms with Crippen molar-refractivity contribution in [1.29, 1.82) is 0 Å². The quantitative estimate of drug-likeness (QED) is 0.251. The number of hydrogen-bond donors (Lipinski definition) is 1. The Balaban J connectivity index is 1.51. The fourth-order valence-corrected chi connectivity index (χ4v) is 9.49. The normalized spacial score (nSPS) is 45.2. The van der Waals surface area contributed by atoms with Crippen LogP contribution in [0.25, 0.3) is 0 Å². The van der Waals surface area contributed by atoms with Crippen molar-refractivity contribution in [3.8, 4) is 0 Å². The topological polar surface area (TPSA) is 38.3 Å². The van der Waals surface area contributed by atoms with Crippen LogP contribution in [-0.2, 0) is 9.63 Å². The van der Waals surface area contributed by atoms with Crippen molar-refractivity contribution in [3.05, 3.63) is 12.2 Å². The maximum atomic E-state index is 11.1. The standard InChI is InChI=1S/C28H47NO2/c1-20(2)9-8-10-21(3)23-11-12-24-22-13-18-28(31-29-19-30)16-7-6-15-27(28,5)25(22)14-17-26(23,24)4/h19,21-25H,1,6-18H2,2-5H3,(H,29,30)/t21-,22+,23-,24+,25+,26-,27-,28?/m1/s1. The molecule has 3 nitrogen and oxygen atoms in total. The summed E-state index contributed by atoms with van der Waals surface area (Å²) in [7, 11) is 0. The number of carbonyl (C=O) groups excluding carboxylic acids is 1. The summed E-state index contributed by atoms with van der Waals surface area (Å²) < 4.78 is 0. The van der Waals surface area contributed by atoms with Gasteiger partial charge in [-0.05, 0) is 106 Å². The minimum atomic E-state index is -0.144. The molecule has 0 bridgehead atoms. The fraction of sp³-hybridized carbons (Fsp3) is 0.893. The monoisotopic (exact) mass is 429 g/mol. The van der Waals surface area contributed by atoms with Crippen LogP contribution in [0.1, 0.15) is 111 Å². The van der Waals surface area contributed by atoms with Gasteiger partial charge in [0.1, 0.15) is 5.60 Å². The lowest BCUT2D eigenvalue weighted by molar-refractivity contribution is -0.249. The van der Waals surface area contributed by atoms with Gasteiger partial charge >= 0.3 is 0 Å². The van der Waals surface area contributed by atoms with E-state index >= 15 is 0 Å². The molecule has 0 saturated heterocycles. The van der Waals surface area contributed by atoms with Gasteiger partial charge in [-0.15, -0.1) is 6.58 Å². The van der Waals surface area contributed by atoms with Gasteiger partial charge in [0.2, 0.25) is 6.41 Å². The highest BCUT2D eigenvalue weighted by molar-refractivity contribution is 5.44. The number of amides is 1. The van der Waals surface area contributed by atoms with Gasteiger partial charge in [0.05, 0.1) is 0 Å². The first-order valence-corrected chi connectivity index (χ1v) is 13.3. The maximum Gasteiger partial charge on any atom is 0.230 e. The van der Waals surface area contributed by atoms with E-state index in [0.717, 1.165) is 48.8 Å². The average molecular weight is 430 g/mol. The summed E-state index contributed by atoms with van der Waals surface area (Å²) in [5, 5.41) is 0. The first-order valence-electron chi connectivity index (χ1n) is 13.3. The van der Waals surface area contributed by atoms with Gasteiger partial charge in [0.25, 0.3) is 0 Å². The number of carbonyl (C=O) groups is 1. The molecule has 4 saturated carbocycles. The van der Waals surface area contributed by atoms with E-state index in [2.05, 4.69) is 39.8 Å². The Kier molecular flexibility index (Phi) is 6.65. The average Bonchev–Trinajstić information content (AvgIpc) is 3.09. The molecule has 0 heterocycles. The summed E-state index contributed by atoms with van der Waals surface area (Å²) in [6, 6.07) is 0. The van der Waals surface area contributed by atoms with E-state index < -0.39 is 0 Å². The number of hydroxylamine groups is 1. The summed E-state index contributed by atoms with van der Waals surface area (Å²) in [6.07, 6.45) is 17.5. The molecule has 0 spiro atoms. The highest BCUT2D eigenvalue weighted by Gasteiger charge is 2.65. The molecule has 8 atom stereocenters. The van der Waals surface area contributed by atoms with Gasteiger partial charge in [0.15, 0.2) is 0 Å². The molecule has 4 aliphatic carbocycles. The zero-order chi connectivity index (χ0) is 22.3. The molecule has 1 amide bonds. The first kappa shape index (κ1) is 23.3. The van der Waals surface area contributed by atoms with E-state index in [-0.39, 0.29) is 11.0 Å². The van der Waals surface area contributed by atoms with Gasteiger partial charge in [0, 0.05) is 5.41 Å². The Morgan fingerprint density at radius 2 is 1.87 bits per heavy atom. The highest BCUT2D eigenvalue weighted by atomic mass is 16.7. The molecule has 3 heteroatoms. The van der Waals surface area contributed by atoms with Crippen molar-refractivity contribution in [2.45, 2.75) is 117 Å². The Labute approximate surface area is 191 Å². The molecule has 176 valence electrons. The number of nitrogens with one attached hydrogen (secondary N) is 1. The zero-order valence-corrected chi connectivity index (χ0v) is 20.7. The molecular weight excluding hydrogens is 382 g/mol. The van der Waals surface area contributed by atoms with E-state index in [9.17, 15) is 4.79 Å². The highest BCUT2D eigenvalue weighted by Crippen LogP contribution is 2.69. The third-order valence-electron chi connectivity index (χ3n) is 11.0. The van der Waals surface area contributed by atoms with Gasteiger partial charge in [-0.25, -0.2) is 5.48 Å². The smallest absolute Gasteiger partial charge is 0.230 e. The molecule has 0 aromatic heterocycles. The number of allylic oxidation sites excluding steroid dienone is 1.